The summed E-state index contributed by atoms with van der Waals surface area (Å²) in [6, 6.07) is 0. The topological polar surface area (TPSA) is 48.5 Å². The first kappa shape index (κ1) is 12.9. The van der Waals surface area contributed by atoms with E-state index >= 15 is 0 Å². The summed E-state index contributed by atoms with van der Waals surface area (Å²) in [7, 11) is 0. The van der Waals surface area contributed by atoms with Gasteiger partial charge in [-0.15, -0.1) is 11.3 Å². The first-order chi connectivity index (χ1) is 9.25. The lowest BCUT2D eigenvalue weighted by Gasteiger charge is -2.39. The molecular weight excluding hydrogens is 260 g/mol. The van der Waals surface area contributed by atoms with Crippen LogP contribution < -0.4 is 10.2 Å². The van der Waals surface area contributed by atoms with Crippen LogP contribution in [0.1, 0.15) is 6.92 Å². The molecule has 0 radical (unpaired) electrons. The quantitative estimate of drug-likeness (QED) is 0.883. The lowest BCUT2D eigenvalue weighted by Crippen LogP contribution is -2.54. The summed E-state index contributed by atoms with van der Waals surface area (Å²) in [6.07, 6.45) is 1.84. The monoisotopic (exact) mass is 280 g/mol. The molecule has 0 bridgehead atoms. The molecule has 2 saturated heterocycles. The fourth-order valence-corrected chi connectivity index (χ4v) is 3.34. The number of thiazole rings is 1. The zero-order valence-electron chi connectivity index (χ0n) is 11.2. The SMILES string of the molecule is CC(C(=O)N1CCN(c2nccs2)CC1)C1CNC1. The van der Waals surface area contributed by atoms with Gasteiger partial charge in [0, 0.05) is 43.7 Å². The van der Waals surface area contributed by atoms with Crippen LogP contribution in [0.3, 0.4) is 0 Å². The smallest absolute Gasteiger partial charge is 0.225 e. The van der Waals surface area contributed by atoms with Crippen LogP contribution in [-0.2, 0) is 4.79 Å². The number of rotatable bonds is 3. The van der Waals surface area contributed by atoms with E-state index in [1.807, 2.05) is 16.5 Å². The van der Waals surface area contributed by atoms with E-state index in [9.17, 15) is 4.79 Å². The van der Waals surface area contributed by atoms with Crippen molar-refractivity contribution in [3.8, 4) is 0 Å². The van der Waals surface area contributed by atoms with E-state index in [4.69, 9.17) is 0 Å². The first-order valence-electron chi connectivity index (χ1n) is 6.89. The van der Waals surface area contributed by atoms with E-state index in [0.717, 1.165) is 44.4 Å². The molecule has 2 fully saturated rings. The molecule has 6 heteroatoms. The molecule has 5 nitrogen and oxygen atoms in total. The Bertz CT molecular complexity index is 424. The third-order valence-electron chi connectivity index (χ3n) is 4.19. The van der Waals surface area contributed by atoms with Crippen LogP contribution in [0.4, 0.5) is 5.13 Å². The lowest BCUT2D eigenvalue weighted by atomic mass is 9.88. The van der Waals surface area contributed by atoms with Crippen molar-refractivity contribution in [2.45, 2.75) is 6.92 Å². The Balaban J connectivity index is 1.53. The average Bonchev–Trinajstić information content (AvgIpc) is 2.90. The predicted octanol–water partition coefficient (Wildman–Crippen LogP) is 0.647. The Morgan fingerprint density at radius 2 is 2.16 bits per heavy atom. The van der Waals surface area contributed by atoms with Crippen LogP contribution in [0.2, 0.25) is 0 Å². The Morgan fingerprint density at radius 3 is 2.68 bits per heavy atom. The second-order valence-electron chi connectivity index (χ2n) is 5.33. The van der Waals surface area contributed by atoms with Gasteiger partial charge in [-0.25, -0.2) is 4.98 Å². The Hall–Kier alpha value is -1.14. The van der Waals surface area contributed by atoms with Crippen molar-refractivity contribution < 1.29 is 4.79 Å². The number of hydrogen-bond acceptors (Lipinski definition) is 5. The Morgan fingerprint density at radius 1 is 1.42 bits per heavy atom. The van der Waals surface area contributed by atoms with Crippen LogP contribution in [0.15, 0.2) is 11.6 Å². The zero-order valence-corrected chi connectivity index (χ0v) is 12.0. The summed E-state index contributed by atoms with van der Waals surface area (Å²) in [5.74, 6) is 1.02. The Labute approximate surface area is 117 Å². The lowest BCUT2D eigenvalue weighted by molar-refractivity contribution is -0.137. The summed E-state index contributed by atoms with van der Waals surface area (Å²) in [4.78, 5) is 21.0. The van der Waals surface area contributed by atoms with Gasteiger partial charge in [-0.3, -0.25) is 4.79 Å². The van der Waals surface area contributed by atoms with Crippen molar-refractivity contribution in [3.05, 3.63) is 11.6 Å². The minimum Gasteiger partial charge on any atom is -0.345 e. The van der Waals surface area contributed by atoms with E-state index in [1.165, 1.54) is 0 Å². The number of nitrogens with zero attached hydrogens (tertiary/aromatic N) is 3. The molecular formula is C13H20N4OS. The van der Waals surface area contributed by atoms with E-state index < -0.39 is 0 Å². The highest BCUT2D eigenvalue weighted by Crippen LogP contribution is 2.22. The minimum atomic E-state index is 0.160. The van der Waals surface area contributed by atoms with Gasteiger partial charge in [0.15, 0.2) is 5.13 Å². The van der Waals surface area contributed by atoms with Gasteiger partial charge in [0.25, 0.3) is 0 Å². The Kier molecular flexibility index (Phi) is 3.70. The number of anilines is 1. The number of amides is 1. The molecule has 0 saturated carbocycles. The normalized spacial score (nSPS) is 22.2. The molecule has 1 unspecified atom stereocenters. The van der Waals surface area contributed by atoms with E-state index in [-0.39, 0.29) is 5.92 Å². The van der Waals surface area contributed by atoms with Crippen molar-refractivity contribution in [1.82, 2.24) is 15.2 Å². The maximum absolute atomic E-state index is 12.4. The van der Waals surface area contributed by atoms with E-state index in [1.54, 1.807) is 11.3 Å². The van der Waals surface area contributed by atoms with Crippen LogP contribution in [-0.4, -0.2) is 55.1 Å². The number of piperazine rings is 1. The molecule has 1 atom stereocenters. The maximum Gasteiger partial charge on any atom is 0.225 e. The molecule has 1 aromatic rings. The fourth-order valence-electron chi connectivity index (χ4n) is 2.64. The second-order valence-corrected chi connectivity index (χ2v) is 6.21. The molecule has 3 heterocycles. The highest BCUT2D eigenvalue weighted by atomic mass is 32.1. The third-order valence-corrected chi connectivity index (χ3v) is 5.02. The number of nitrogens with one attached hydrogen (secondary N) is 1. The van der Waals surface area contributed by atoms with Crippen LogP contribution in [0.5, 0.6) is 0 Å². The molecule has 3 rings (SSSR count). The predicted molar refractivity (Wildman–Crippen MR) is 76.4 cm³/mol. The van der Waals surface area contributed by atoms with Gasteiger partial charge in [0.05, 0.1) is 0 Å². The van der Waals surface area contributed by atoms with Crippen LogP contribution >= 0.6 is 11.3 Å². The zero-order chi connectivity index (χ0) is 13.2. The summed E-state index contributed by atoms with van der Waals surface area (Å²) in [5, 5.41) is 6.31. The molecule has 104 valence electrons. The number of carbonyl (C=O) groups excluding carboxylic acids is 1. The van der Waals surface area contributed by atoms with Gasteiger partial charge in [-0.1, -0.05) is 6.92 Å². The summed E-state index contributed by atoms with van der Waals surface area (Å²) < 4.78 is 0. The fraction of sp³-hybridized carbons (Fsp3) is 0.692. The largest absolute Gasteiger partial charge is 0.345 e. The van der Waals surface area contributed by atoms with Crippen molar-refractivity contribution in [2.75, 3.05) is 44.2 Å². The van der Waals surface area contributed by atoms with Gasteiger partial charge >= 0.3 is 0 Å². The molecule has 19 heavy (non-hydrogen) atoms. The summed E-state index contributed by atoms with van der Waals surface area (Å²) >= 11 is 1.67. The summed E-state index contributed by atoms with van der Waals surface area (Å²) in [6.45, 7) is 7.49. The van der Waals surface area contributed by atoms with Crippen molar-refractivity contribution in [3.63, 3.8) is 0 Å². The van der Waals surface area contributed by atoms with Gasteiger partial charge in [0.2, 0.25) is 5.91 Å². The molecule has 0 aliphatic carbocycles. The van der Waals surface area contributed by atoms with Gasteiger partial charge < -0.3 is 15.1 Å². The average molecular weight is 280 g/mol. The molecule has 1 amide bonds. The van der Waals surface area contributed by atoms with E-state index in [2.05, 4.69) is 22.1 Å². The third kappa shape index (κ3) is 2.60. The second kappa shape index (κ2) is 5.46. The molecule has 2 aliphatic heterocycles. The number of carbonyl (C=O) groups is 1. The number of aromatic nitrogens is 1. The highest BCUT2D eigenvalue weighted by molar-refractivity contribution is 7.13. The van der Waals surface area contributed by atoms with Crippen molar-refractivity contribution in [1.29, 1.82) is 0 Å². The van der Waals surface area contributed by atoms with E-state index in [0.29, 0.717) is 11.8 Å². The maximum atomic E-state index is 12.4. The molecule has 1 N–H and O–H groups in total. The molecule has 2 aliphatic rings. The van der Waals surface area contributed by atoms with Gasteiger partial charge in [0.1, 0.15) is 0 Å². The molecule has 1 aromatic heterocycles. The van der Waals surface area contributed by atoms with Gasteiger partial charge in [-0.05, 0) is 19.0 Å². The van der Waals surface area contributed by atoms with Crippen LogP contribution in [0, 0.1) is 11.8 Å². The summed E-state index contributed by atoms with van der Waals surface area (Å²) in [5.41, 5.74) is 0. The molecule has 0 spiro atoms. The van der Waals surface area contributed by atoms with Crippen molar-refractivity contribution >= 4 is 22.4 Å². The van der Waals surface area contributed by atoms with Crippen LogP contribution in [0.25, 0.3) is 0 Å². The van der Waals surface area contributed by atoms with Gasteiger partial charge in [-0.2, -0.15) is 0 Å². The first-order valence-corrected chi connectivity index (χ1v) is 7.77. The standard InChI is InChI=1S/C13H20N4OS/c1-10(11-8-14-9-11)12(18)16-3-5-17(6-4-16)13-15-2-7-19-13/h2,7,10-11,14H,3-6,8-9H2,1H3. The number of hydrogen-bond donors (Lipinski definition) is 1. The highest BCUT2D eigenvalue weighted by Gasteiger charge is 2.32. The van der Waals surface area contributed by atoms with Crippen molar-refractivity contribution in [2.24, 2.45) is 11.8 Å². The molecule has 0 aromatic carbocycles. The minimum absolute atomic E-state index is 0.160.